The number of carbonyl (C=O) groups excluding carboxylic acids is 1. The highest BCUT2D eigenvalue weighted by Gasteiger charge is 2.16. The van der Waals surface area contributed by atoms with Crippen molar-refractivity contribution < 1.29 is 17.6 Å². The van der Waals surface area contributed by atoms with Crippen LogP contribution < -0.4 is 10.5 Å². The van der Waals surface area contributed by atoms with Crippen molar-refractivity contribution >= 4 is 21.6 Å². The first-order valence-corrected chi connectivity index (χ1v) is 6.51. The van der Waals surface area contributed by atoms with Crippen molar-refractivity contribution in [3.05, 3.63) is 24.0 Å². The highest BCUT2D eigenvalue weighted by atomic mass is 32.2. The number of nitrogens with zero attached hydrogens (tertiary/aromatic N) is 1. The molecule has 0 heterocycles. The molecule has 0 aliphatic carbocycles. The lowest BCUT2D eigenvalue weighted by Crippen LogP contribution is -2.28. The van der Waals surface area contributed by atoms with Crippen molar-refractivity contribution in [2.45, 2.75) is 4.90 Å². The van der Waals surface area contributed by atoms with Gasteiger partial charge in [-0.05, 0) is 32.3 Å². The first-order chi connectivity index (χ1) is 8.20. The van der Waals surface area contributed by atoms with E-state index in [1.165, 1.54) is 0 Å². The highest BCUT2D eigenvalue weighted by molar-refractivity contribution is 7.89. The molecule has 0 radical (unpaired) electrons. The van der Waals surface area contributed by atoms with E-state index in [2.05, 4.69) is 5.32 Å². The molecule has 0 aliphatic heterocycles. The molecule has 0 saturated heterocycles. The van der Waals surface area contributed by atoms with E-state index < -0.39 is 21.7 Å². The quantitative estimate of drug-likeness (QED) is 0.807. The van der Waals surface area contributed by atoms with Gasteiger partial charge in [-0.1, -0.05) is 0 Å². The zero-order valence-corrected chi connectivity index (χ0v) is 10.8. The van der Waals surface area contributed by atoms with Crippen LogP contribution in [0.15, 0.2) is 23.1 Å². The third kappa shape index (κ3) is 4.06. The number of rotatable bonds is 4. The van der Waals surface area contributed by atoms with Crippen LogP contribution in [0.25, 0.3) is 0 Å². The number of primary sulfonamides is 1. The van der Waals surface area contributed by atoms with Crippen LogP contribution in [-0.4, -0.2) is 39.9 Å². The van der Waals surface area contributed by atoms with E-state index in [0.717, 1.165) is 18.2 Å². The van der Waals surface area contributed by atoms with E-state index in [1.807, 2.05) is 0 Å². The average molecular weight is 275 g/mol. The lowest BCUT2D eigenvalue weighted by Gasteiger charge is -2.12. The Kier molecular flexibility index (Phi) is 4.38. The van der Waals surface area contributed by atoms with Crippen LogP contribution in [0.4, 0.5) is 10.1 Å². The van der Waals surface area contributed by atoms with E-state index in [9.17, 15) is 17.6 Å². The van der Waals surface area contributed by atoms with Gasteiger partial charge in [0.25, 0.3) is 0 Å². The summed E-state index contributed by atoms with van der Waals surface area (Å²) in [7, 11) is -0.675. The molecule has 0 aromatic heterocycles. The largest absolute Gasteiger partial charge is 0.324 e. The minimum atomic E-state index is -4.02. The van der Waals surface area contributed by atoms with Gasteiger partial charge in [0.1, 0.15) is 10.7 Å². The van der Waals surface area contributed by atoms with Gasteiger partial charge in [0.2, 0.25) is 15.9 Å². The Morgan fingerprint density at radius 3 is 2.56 bits per heavy atom. The van der Waals surface area contributed by atoms with Crippen molar-refractivity contribution in [3.63, 3.8) is 0 Å². The summed E-state index contributed by atoms with van der Waals surface area (Å²) in [5.41, 5.74) is -0.163. The number of likely N-dealkylation sites (N-methyl/N-ethyl adjacent to an activating group) is 1. The van der Waals surface area contributed by atoms with Crippen molar-refractivity contribution in [1.29, 1.82) is 0 Å². The van der Waals surface area contributed by atoms with E-state index in [1.54, 1.807) is 19.0 Å². The molecule has 0 bridgehead atoms. The molecule has 100 valence electrons. The monoisotopic (exact) mass is 275 g/mol. The number of nitrogens with one attached hydrogen (secondary N) is 1. The minimum Gasteiger partial charge on any atom is -0.324 e. The predicted octanol–water partition coefficient (Wildman–Crippen LogP) is -0.0268. The van der Waals surface area contributed by atoms with E-state index in [-0.39, 0.29) is 17.1 Å². The van der Waals surface area contributed by atoms with Crippen LogP contribution in [-0.2, 0) is 14.8 Å². The van der Waals surface area contributed by atoms with Crippen LogP contribution in [0.3, 0.4) is 0 Å². The molecule has 0 saturated carbocycles. The standard InChI is InChI=1S/C10H14FN3O3S/c1-14(2)6-10(15)13-8-5-7(11)3-4-9(8)18(12,16)17/h3-5H,6H2,1-2H3,(H,13,15)(H2,12,16,17). The van der Waals surface area contributed by atoms with Crippen molar-refractivity contribution in [1.82, 2.24) is 4.90 Å². The molecule has 1 aromatic rings. The topological polar surface area (TPSA) is 92.5 Å². The second-order valence-electron chi connectivity index (χ2n) is 3.97. The summed E-state index contributed by atoms with van der Waals surface area (Å²) in [5, 5.41) is 7.28. The number of anilines is 1. The molecule has 18 heavy (non-hydrogen) atoms. The average Bonchev–Trinajstić information content (AvgIpc) is 2.13. The number of halogens is 1. The van der Waals surface area contributed by atoms with Gasteiger partial charge in [0.05, 0.1) is 12.2 Å². The Morgan fingerprint density at radius 1 is 1.44 bits per heavy atom. The first kappa shape index (κ1) is 14.6. The number of amides is 1. The van der Waals surface area contributed by atoms with Crippen molar-refractivity contribution in [2.24, 2.45) is 5.14 Å². The molecular weight excluding hydrogens is 261 g/mol. The third-order valence-electron chi connectivity index (χ3n) is 1.98. The van der Waals surface area contributed by atoms with E-state index in [4.69, 9.17) is 5.14 Å². The highest BCUT2D eigenvalue weighted by Crippen LogP contribution is 2.21. The number of benzene rings is 1. The summed E-state index contributed by atoms with van der Waals surface area (Å²) in [5.74, 6) is -1.13. The second kappa shape index (κ2) is 5.42. The van der Waals surface area contributed by atoms with Crippen LogP contribution in [0.1, 0.15) is 0 Å². The summed E-state index contributed by atoms with van der Waals surface area (Å²) in [4.78, 5) is 12.8. The van der Waals surface area contributed by atoms with Gasteiger partial charge in [-0.3, -0.25) is 4.79 Å². The molecule has 8 heteroatoms. The zero-order valence-electron chi connectivity index (χ0n) is 9.97. The van der Waals surface area contributed by atoms with Gasteiger partial charge >= 0.3 is 0 Å². The molecule has 0 atom stereocenters. The van der Waals surface area contributed by atoms with Gasteiger partial charge in [-0.25, -0.2) is 17.9 Å². The molecule has 3 N–H and O–H groups in total. The molecule has 0 aliphatic rings. The van der Waals surface area contributed by atoms with Crippen LogP contribution in [0.2, 0.25) is 0 Å². The van der Waals surface area contributed by atoms with Gasteiger partial charge in [-0.2, -0.15) is 0 Å². The number of sulfonamides is 1. The van der Waals surface area contributed by atoms with E-state index >= 15 is 0 Å². The van der Waals surface area contributed by atoms with Crippen LogP contribution in [0.5, 0.6) is 0 Å². The summed E-state index contributed by atoms with van der Waals surface area (Å²) in [6.07, 6.45) is 0. The Labute approximate surface area is 105 Å². The van der Waals surface area contributed by atoms with Gasteiger partial charge < -0.3 is 10.2 Å². The third-order valence-corrected chi connectivity index (χ3v) is 2.95. The molecule has 0 spiro atoms. The van der Waals surface area contributed by atoms with E-state index in [0.29, 0.717) is 0 Å². The molecule has 0 unspecified atom stereocenters. The van der Waals surface area contributed by atoms with Crippen LogP contribution in [0, 0.1) is 5.82 Å². The summed E-state index contributed by atoms with van der Waals surface area (Å²) < 4.78 is 35.6. The smallest absolute Gasteiger partial charge is 0.240 e. The molecule has 0 fully saturated rings. The summed E-state index contributed by atoms with van der Waals surface area (Å²) >= 11 is 0. The first-order valence-electron chi connectivity index (χ1n) is 4.97. The Bertz CT molecular complexity index is 557. The number of hydrogen-bond donors (Lipinski definition) is 2. The Morgan fingerprint density at radius 2 is 2.06 bits per heavy atom. The fourth-order valence-corrected chi connectivity index (χ4v) is 2.00. The van der Waals surface area contributed by atoms with Gasteiger partial charge in [0, 0.05) is 0 Å². The molecule has 1 aromatic carbocycles. The molecular formula is C10H14FN3O3S. The molecule has 1 rings (SSSR count). The summed E-state index contributed by atoms with van der Waals surface area (Å²) in [6, 6.07) is 2.88. The number of carbonyl (C=O) groups is 1. The van der Waals surface area contributed by atoms with Crippen LogP contribution >= 0.6 is 0 Å². The lowest BCUT2D eigenvalue weighted by atomic mass is 10.3. The SMILES string of the molecule is CN(C)CC(=O)Nc1cc(F)ccc1S(N)(=O)=O. The molecule has 6 nitrogen and oxygen atoms in total. The van der Waals surface area contributed by atoms with Gasteiger partial charge in [0.15, 0.2) is 0 Å². The Hall–Kier alpha value is -1.51. The maximum absolute atomic E-state index is 13.1. The zero-order chi connectivity index (χ0) is 13.9. The second-order valence-corrected chi connectivity index (χ2v) is 5.50. The van der Waals surface area contributed by atoms with Gasteiger partial charge in [-0.15, -0.1) is 0 Å². The Balaban J connectivity index is 3.08. The van der Waals surface area contributed by atoms with Crippen molar-refractivity contribution in [2.75, 3.05) is 26.0 Å². The maximum atomic E-state index is 13.1. The number of hydrogen-bond acceptors (Lipinski definition) is 4. The minimum absolute atomic E-state index is 0.0422. The normalized spacial score (nSPS) is 11.6. The number of nitrogens with two attached hydrogens (primary N) is 1. The van der Waals surface area contributed by atoms with Crippen molar-refractivity contribution in [3.8, 4) is 0 Å². The molecule has 1 amide bonds. The fraction of sp³-hybridized carbons (Fsp3) is 0.300. The fourth-order valence-electron chi connectivity index (χ4n) is 1.32. The predicted molar refractivity (Wildman–Crippen MR) is 65.0 cm³/mol. The summed E-state index contributed by atoms with van der Waals surface area (Å²) in [6.45, 7) is 0.0422. The lowest BCUT2D eigenvalue weighted by molar-refractivity contribution is -0.116. The maximum Gasteiger partial charge on any atom is 0.240 e.